The number of carboxylic acids is 1. The molecule has 0 radical (unpaired) electrons. The maximum Gasteiger partial charge on any atom is 0.350 e. The summed E-state index contributed by atoms with van der Waals surface area (Å²) in [6.45, 7) is 1.90. The van der Waals surface area contributed by atoms with Gasteiger partial charge in [-0.15, -0.1) is 0 Å². The number of fused-ring (bicyclic) bond motifs is 2. The number of aromatic amines is 2. The molecule has 2 aromatic heterocycles. The van der Waals surface area contributed by atoms with E-state index in [0.717, 1.165) is 13.8 Å². The second-order valence-electron chi connectivity index (χ2n) is 27.3. The molecule has 12 amide bonds. The summed E-state index contributed by atoms with van der Waals surface area (Å²) >= 11 is 0. The fourth-order valence-corrected chi connectivity index (χ4v) is 13.0. The van der Waals surface area contributed by atoms with Gasteiger partial charge in [-0.1, -0.05) is 115 Å². The third-order valence-corrected chi connectivity index (χ3v) is 18.9. The summed E-state index contributed by atoms with van der Waals surface area (Å²) in [5.41, 5.74) is 23.4. The van der Waals surface area contributed by atoms with E-state index in [1.807, 2.05) is 0 Å². The highest BCUT2D eigenvalue weighted by atomic mass is 16.4. The van der Waals surface area contributed by atoms with Gasteiger partial charge in [0.2, 0.25) is 76.5 Å². The van der Waals surface area contributed by atoms with Crippen LogP contribution in [0.5, 0.6) is 11.5 Å². The third-order valence-electron chi connectivity index (χ3n) is 18.9. The lowest BCUT2D eigenvalue weighted by molar-refractivity contribution is -0.168. The molecule has 1 aliphatic heterocycles. The van der Waals surface area contributed by atoms with Crippen molar-refractivity contribution in [2.24, 2.45) is 22.9 Å². The molecule has 0 saturated carbocycles. The first-order chi connectivity index (χ1) is 53.4. The molecule has 8 aromatic rings. The number of hydrogen-bond acceptors (Lipinski definition) is 18. The Bertz CT molecular complexity index is 4770. The quantitative estimate of drug-likeness (QED) is 0.0198. The molecule has 11 atom stereocenters. The number of rotatable bonds is 23. The van der Waals surface area contributed by atoms with Gasteiger partial charge >= 0.3 is 5.97 Å². The Kier molecular flexibility index (Phi) is 27.8. The molecule has 588 valence electrons. The molecule has 1 saturated heterocycles. The maximum absolute atomic E-state index is 16.0. The van der Waals surface area contributed by atoms with Crippen molar-refractivity contribution in [3.8, 4) is 11.5 Å². The van der Waals surface area contributed by atoms with E-state index in [2.05, 4.69) is 68.1 Å². The van der Waals surface area contributed by atoms with Crippen molar-refractivity contribution in [3.05, 3.63) is 198 Å². The number of carbonyl (C=O) groups excluding carboxylic acids is 12. The second-order valence-corrected chi connectivity index (χ2v) is 27.3. The minimum atomic E-state index is -3.20. The normalized spacial score (nSPS) is 21.5. The Labute approximate surface area is 640 Å². The first-order valence-electron chi connectivity index (χ1n) is 35.7. The monoisotopic (exact) mass is 1540 g/mol. The predicted octanol–water partition coefficient (Wildman–Crippen LogP) is -1.42. The largest absolute Gasteiger partial charge is 0.508 e. The summed E-state index contributed by atoms with van der Waals surface area (Å²) in [5, 5.41) is 67.3. The molecule has 9 rings (SSSR count). The van der Waals surface area contributed by atoms with E-state index in [1.165, 1.54) is 73.2 Å². The number of hydrogen-bond donors (Lipinski definition) is 20. The van der Waals surface area contributed by atoms with Gasteiger partial charge in [-0.05, 0) is 102 Å². The number of nitrogens with one attached hydrogen (secondary N) is 13. The van der Waals surface area contributed by atoms with Gasteiger partial charge in [0.15, 0.2) is 5.96 Å². The number of aromatic hydroxyl groups is 2. The number of guanidine groups is 1. The Balaban J connectivity index is 1.21. The predicted molar refractivity (Wildman–Crippen MR) is 406 cm³/mol. The molecule has 1 unspecified atom stereocenters. The number of benzene rings is 6. The Morgan fingerprint density at radius 3 is 1.73 bits per heavy atom. The SMILES string of the molecule is C[C@@H]1NC(=O)[C@H](CC(N)=O)NC(=O)[C@H](Cc2c[nH]c3ccccc23)NC(=O)[C@H](CCCNC(=N)N)NC(=O)[C@@H](Cc2cccc3ccccc23)NC(=O)[C@H](Cc2cnc[nH]2)NC(=O)[C@@H](NC(=O)[C@@H](N)Cc2ccc(O)cc2)CC(=O)N([C@@H](Cc2ccc(O)cc2)C(N)=O)C(C)(C(=O)O)NC(=O)[C@H](Cc2ccccc2)NC1=O. The van der Waals surface area contributed by atoms with Crippen molar-refractivity contribution < 1.29 is 77.6 Å². The van der Waals surface area contributed by atoms with Crippen molar-refractivity contribution in [2.75, 3.05) is 6.54 Å². The molecule has 0 spiro atoms. The van der Waals surface area contributed by atoms with E-state index < -0.39 is 181 Å². The standard InChI is InChI=1S/C77H89N19O16/c1-41-66(102)89-56(31-42-12-4-3-5-13-42)74(110)95-77(2,75(111)112)96(62(65(80)101)32-44-23-27-50(98)28-24-44)64(100)37-61(90-67(103)53(78)30-43-21-25-49(97)26-22-43)73(109)93-59(35-48-39-83-40-86-48)72(108)92-57(33-46-16-10-15-45-14-6-7-17-51(45)46)70(106)88-55(20-11-29-84-76(81)82)68(104)91-58(34-47-38-85-54-19-9-8-18-52(47)54)71(107)94-60(36-63(79)99)69(105)87-41/h3-10,12-19,21-28,38-41,53,55-62,85,97-98H,11,20,29-37,78H2,1-2H3,(H2,79,99)(H2,80,101)(H,83,86)(H,87,105)(H,88,106)(H,89,102)(H,90,103)(H,91,104)(H,92,108)(H,93,109)(H,94,107)(H,95,110)(H,111,112)(H4,81,82,84)/t41-,53-,55-,56-,57+,58-,59-,60-,61-,62-,77?/m0/s1. The average Bonchev–Trinajstić information content (AvgIpc) is 0.908. The molecule has 35 heteroatoms. The molecule has 1 aliphatic rings. The van der Waals surface area contributed by atoms with Crippen LogP contribution in [0.15, 0.2) is 164 Å². The number of phenolic OH excluding ortho intramolecular Hbond substituents is 2. The number of carbonyl (C=O) groups is 13. The van der Waals surface area contributed by atoms with Crippen molar-refractivity contribution in [1.82, 2.24) is 73.0 Å². The van der Waals surface area contributed by atoms with E-state index in [-0.39, 0.29) is 61.4 Å². The van der Waals surface area contributed by atoms with Crippen LogP contribution >= 0.6 is 0 Å². The van der Waals surface area contributed by atoms with Gasteiger partial charge in [-0.2, -0.15) is 0 Å². The highest BCUT2D eigenvalue weighted by molar-refractivity contribution is 6.03. The topological polar surface area (TPSA) is 579 Å². The summed E-state index contributed by atoms with van der Waals surface area (Å²) in [6, 6.07) is 19.1. The molecule has 112 heavy (non-hydrogen) atoms. The number of phenols is 2. The van der Waals surface area contributed by atoms with E-state index in [4.69, 9.17) is 28.3 Å². The van der Waals surface area contributed by atoms with Crippen molar-refractivity contribution in [2.45, 2.75) is 144 Å². The summed E-state index contributed by atoms with van der Waals surface area (Å²) in [4.78, 5) is 204. The lowest BCUT2D eigenvalue weighted by Crippen LogP contribution is -2.72. The van der Waals surface area contributed by atoms with Crippen LogP contribution in [0, 0.1) is 5.41 Å². The summed E-state index contributed by atoms with van der Waals surface area (Å²) in [6.07, 6.45) is -1.04. The Hall–Kier alpha value is -13.7. The van der Waals surface area contributed by atoms with E-state index >= 15 is 33.6 Å². The van der Waals surface area contributed by atoms with Gasteiger partial charge < -0.3 is 101 Å². The van der Waals surface area contributed by atoms with Crippen LogP contribution in [-0.4, -0.2) is 191 Å². The minimum Gasteiger partial charge on any atom is -0.508 e. The van der Waals surface area contributed by atoms with Crippen LogP contribution in [-0.2, 0) is 101 Å². The second kappa shape index (κ2) is 37.9. The third kappa shape index (κ3) is 22.2. The Morgan fingerprint density at radius 2 is 1.12 bits per heavy atom. The first-order valence-corrected chi connectivity index (χ1v) is 35.7. The lowest BCUT2D eigenvalue weighted by Gasteiger charge is -2.43. The van der Waals surface area contributed by atoms with Gasteiger partial charge in [0.25, 0.3) is 0 Å². The first kappa shape index (κ1) is 82.3. The minimum absolute atomic E-state index is 0.00296. The van der Waals surface area contributed by atoms with Crippen LogP contribution < -0.4 is 76.1 Å². The zero-order chi connectivity index (χ0) is 80.9. The van der Waals surface area contributed by atoms with Crippen LogP contribution in [0.1, 0.15) is 73.0 Å². The van der Waals surface area contributed by atoms with Gasteiger partial charge in [0.1, 0.15) is 65.9 Å². The molecular formula is C77H89N19O16. The molecular weight excluding hydrogens is 1450 g/mol. The van der Waals surface area contributed by atoms with Crippen molar-refractivity contribution in [3.63, 3.8) is 0 Å². The van der Waals surface area contributed by atoms with Gasteiger partial charge in [-0.3, -0.25) is 67.8 Å². The number of amides is 12. The number of aromatic nitrogens is 3. The fourth-order valence-electron chi connectivity index (χ4n) is 13.0. The van der Waals surface area contributed by atoms with Crippen LogP contribution in [0.25, 0.3) is 21.7 Å². The molecule has 6 aromatic carbocycles. The van der Waals surface area contributed by atoms with E-state index in [0.29, 0.717) is 48.8 Å². The number of imidazole rings is 1. The van der Waals surface area contributed by atoms with E-state index in [1.54, 1.807) is 91.1 Å². The number of para-hydroxylation sites is 1. The highest BCUT2D eigenvalue weighted by Gasteiger charge is 2.51. The molecule has 0 bridgehead atoms. The van der Waals surface area contributed by atoms with Crippen molar-refractivity contribution in [1.29, 1.82) is 5.41 Å². The summed E-state index contributed by atoms with van der Waals surface area (Å²) < 4.78 is 0. The average molecular weight is 1540 g/mol. The number of primary amides is 2. The maximum atomic E-state index is 16.0. The molecule has 0 aliphatic carbocycles. The number of H-pyrrole nitrogens is 2. The van der Waals surface area contributed by atoms with Crippen LogP contribution in [0.2, 0.25) is 0 Å². The zero-order valence-electron chi connectivity index (χ0n) is 61.0. The van der Waals surface area contributed by atoms with Gasteiger partial charge in [0.05, 0.1) is 25.2 Å². The smallest absolute Gasteiger partial charge is 0.350 e. The molecule has 35 nitrogen and oxygen atoms in total. The zero-order valence-corrected chi connectivity index (χ0v) is 61.0. The fraction of sp³-hybridized carbons (Fsp3) is 0.312. The van der Waals surface area contributed by atoms with Gasteiger partial charge in [0, 0.05) is 67.6 Å². The van der Waals surface area contributed by atoms with Crippen LogP contribution in [0.3, 0.4) is 0 Å². The lowest BCUT2D eigenvalue weighted by atomic mass is 9.96. The van der Waals surface area contributed by atoms with Gasteiger partial charge in [-0.25, -0.2) is 9.78 Å². The van der Waals surface area contributed by atoms with Crippen molar-refractivity contribution >= 4 is 104 Å². The van der Waals surface area contributed by atoms with E-state index in [9.17, 15) is 44.1 Å². The summed E-state index contributed by atoms with van der Waals surface area (Å²) in [5.74, 6) is -17.5. The molecule has 24 N–H and O–H groups in total. The number of nitrogens with zero attached hydrogens (tertiary/aromatic N) is 2. The molecule has 3 heterocycles. The molecule has 1 fully saturated rings. The summed E-state index contributed by atoms with van der Waals surface area (Å²) in [7, 11) is 0. The number of nitrogens with two attached hydrogens (primary N) is 4. The Morgan fingerprint density at radius 1 is 0.580 bits per heavy atom. The number of aliphatic carboxylic acids is 1. The van der Waals surface area contributed by atoms with Crippen LogP contribution in [0.4, 0.5) is 0 Å². The number of carboxylic acid groups (broad SMARTS) is 1. The highest BCUT2D eigenvalue weighted by Crippen LogP contribution is 2.26.